The molecule has 6 heteroatoms. The minimum atomic E-state index is -0.137. The Morgan fingerprint density at radius 2 is 1.92 bits per heavy atom. The minimum Gasteiger partial charge on any atom is -0.342 e. The number of para-hydroxylation sites is 1. The maximum absolute atomic E-state index is 12.5. The van der Waals surface area contributed by atoms with Gasteiger partial charge in [0.05, 0.1) is 5.69 Å². The second kappa shape index (κ2) is 5.92. The van der Waals surface area contributed by atoms with Crippen LogP contribution in [0.2, 0.25) is 0 Å². The molecular weight excluding hydrogens is 304 g/mol. The molecule has 2 aromatic rings. The van der Waals surface area contributed by atoms with E-state index in [0.717, 1.165) is 43.7 Å². The highest BCUT2D eigenvalue weighted by Crippen LogP contribution is 2.34. The number of aryl methyl sites for hydroxylation is 1. The van der Waals surface area contributed by atoms with Gasteiger partial charge >= 0.3 is 5.69 Å². The van der Waals surface area contributed by atoms with Crippen LogP contribution in [0.4, 0.5) is 0 Å². The molecule has 1 aromatic carbocycles. The molecule has 24 heavy (non-hydrogen) atoms. The van der Waals surface area contributed by atoms with Gasteiger partial charge in [0.2, 0.25) is 5.91 Å². The zero-order valence-electron chi connectivity index (χ0n) is 13.9. The van der Waals surface area contributed by atoms with E-state index < -0.39 is 0 Å². The monoisotopic (exact) mass is 326 g/mol. The van der Waals surface area contributed by atoms with Gasteiger partial charge in [-0.1, -0.05) is 18.2 Å². The second-order valence-corrected chi connectivity index (χ2v) is 6.83. The Balaban J connectivity index is 1.67. The first-order valence-electron chi connectivity index (χ1n) is 8.65. The van der Waals surface area contributed by atoms with Gasteiger partial charge in [0.25, 0.3) is 0 Å². The molecule has 126 valence electrons. The molecule has 0 bridgehead atoms. The van der Waals surface area contributed by atoms with Crippen molar-refractivity contribution in [3.8, 4) is 5.69 Å². The molecule has 2 fully saturated rings. The largest absolute Gasteiger partial charge is 0.350 e. The van der Waals surface area contributed by atoms with Gasteiger partial charge in [0, 0.05) is 32.0 Å². The van der Waals surface area contributed by atoms with Crippen molar-refractivity contribution in [1.29, 1.82) is 0 Å². The van der Waals surface area contributed by atoms with Crippen molar-refractivity contribution in [3.63, 3.8) is 0 Å². The lowest BCUT2D eigenvalue weighted by atomic mass is 9.96. The first kappa shape index (κ1) is 15.2. The Labute approximate surface area is 140 Å². The maximum Gasteiger partial charge on any atom is 0.350 e. The lowest BCUT2D eigenvalue weighted by Crippen LogP contribution is -2.40. The van der Waals surface area contributed by atoms with Crippen LogP contribution in [0.5, 0.6) is 0 Å². The summed E-state index contributed by atoms with van der Waals surface area (Å²) in [6, 6.07) is 9.61. The Hall–Kier alpha value is -2.37. The SMILES string of the molecule is Cn1nc([C@H]2CCCN(C(=O)C3CC3)C2)n(-c2ccccc2)c1=O. The molecule has 1 amide bonds. The summed E-state index contributed by atoms with van der Waals surface area (Å²) < 4.78 is 3.08. The number of aromatic nitrogens is 3. The van der Waals surface area contributed by atoms with Gasteiger partial charge in [-0.15, -0.1) is 0 Å². The van der Waals surface area contributed by atoms with Crippen LogP contribution >= 0.6 is 0 Å². The van der Waals surface area contributed by atoms with E-state index in [1.165, 1.54) is 4.68 Å². The van der Waals surface area contributed by atoms with E-state index in [4.69, 9.17) is 0 Å². The normalized spacial score (nSPS) is 21.0. The smallest absolute Gasteiger partial charge is 0.342 e. The number of hydrogen-bond donors (Lipinski definition) is 0. The quantitative estimate of drug-likeness (QED) is 0.862. The summed E-state index contributed by atoms with van der Waals surface area (Å²) in [6.45, 7) is 1.49. The van der Waals surface area contributed by atoms with E-state index in [2.05, 4.69) is 5.10 Å². The van der Waals surface area contributed by atoms with Crippen LogP contribution in [0.15, 0.2) is 35.1 Å². The van der Waals surface area contributed by atoms with Gasteiger partial charge in [-0.05, 0) is 37.8 Å². The molecule has 1 atom stereocenters. The third-order valence-corrected chi connectivity index (χ3v) is 4.99. The summed E-state index contributed by atoms with van der Waals surface area (Å²) >= 11 is 0. The van der Waals surface area contributed by atoms with Gasteiger partial charge in [0.1, 0.15) is 5.82 Å². The van der Waals surface area contributed by atoms with Crippen LogP contribution < -0.4 is 5.69 Å². The average Bonchev–Trinajstić information content (AvgIpc) is 3.42. The Kier molecular flexibility index (Phi) is 3.75. The standard InChI is InChI=1S/C18H22N4O2/c1-20-18(24)22(15-7-3-2-4-8-15)16(19-20)14-6-5-11-21(12-14)17(23)13-9-10-13/h2-4,7-8,13-14H,5-6,9-12H2,1H3/t14-/m0/s1. The molecule has 2 heterocycles. The molecule has 6 nitrogen and oxygen atoms in total. The summed E-state index contributed by atoms with van der Waals surface area (Å²) in [4.78, 5) is 26.9. The highest BCUT2D eigenvalue weighted by molar-refractivity contribution is 5.81. The molecule has 0 radical (unpaired) electrons. The maximum atomic E-state index is 12.5. The minimum absolute atomic E-state index is 0.107. The predicted octanol–water partition coefficient (Wildman–Crippen LogP) is 1.69. The third-order valence-electron chi connectivity index (χ3n) is 4.99. The van der Waals surface area contributed by atoms with Crippen molar-refractivity contribution in [1.82, 2.24) is 19.2 Å². The molecule has 1 aliphatic heterocycles. The number of carbonyl (C=O) groups is 1. The molecule has 1 aromatic heterocycles. The third kappa shape index (κ3) is 2.66. The van der Waals surface area contributed by atoms with Gasteiger partial charge in [-0.3, -0.25) is 4.79 Å². The van der Waals surface area contributed by atoms with Crippen LogP contribution in [0.1, 0.15) is 37.4 Å². The lowest BCUT2D eigenvalue weighted by molar-refractivity contribution is -0.133. The zero-order chi connectivity index (χ0) is 16.7. The first-order valence-corrected chi connectivity index (χ1v) is 8.65. The summed E-state index contributed by atoms with van der Waals surface area (Å²) in [5, 5.41) is 4.49. The predicted molar refractivity (Wildman–Crippen MR) is 90.1 cm³/mol. The highest BCUT2D eigenvalue weighted by atomic mass is 16.2. The Morgan fingerprint density at radius 1 is 1.17 bits per heavy atom. The number of piperidine rings is 1. The molecular formula is C18H22N4O2. The average molecular weight is 326 g/mol. The van der Waals surface area contributed by atoms with Gasteiger partial charge in [0.15, 0.2) is 0 Å². The van der Waals surface area contributed by atoms with Crippen molar-refractivity contribution < 1.29 is 4.79 Å². The number of rotatable bonds is 3. The topological polar surface area (TPSA) is 60.1 Å². The van der Waals surface area contributed by atoms with Crippen molar-refractivity contribution in [2.45, 2.75) is 31.6 Å². The van der Waals surface area contributed by atoms with Gasteiger partial charge in [-0.25, -0.2) is 14.0 Å². The summed E-state index contributed by atoms with van der Waals surface area (Å²) in [7, 11) is 1.68. The summed E-state index contributed by atoms with van der Waals surface area (Å²) in [5.41, 5.74) is 0.693. The fraction of sp³-hybridized carbons (Fsp3) is 0.500. The van der Waals surface area contributed by atoms with Crippen molar-refractivity contribution in [3.05, 3.63) is 46.6 Å². The van der Waals surface area contributed by atoms with Crippen LogP contribution in [0, 0.1) is 5.92 Å². The van der Waals surface area contributed by atoms with Crippen LogP contribution in [-0.2, 0) is 11.8 Å². The van der Waals surface area contributed by atoms with Crippen molar-refractivity contribution >= 4 is 5.91 Å². The molecule has 1 saturated carbocycles. The molecule has 1 saturated heterocycles. The van der Waals surface area contributed by atoms with E-state index in [1.807, 2.05) is 35.2 Å². The number of benzene rings is 1. The molecule has 0 unspecified atom stereocenters. The number of nitrogens with zero attached hydrogens (tertiary/aromatic N) is 4. The molecule has 2 aliphatic rings. The highest BCUT2D eigenvalue weighted by Gasteiger charge is 2.36. The van der Waals surface area contributed by atoms with E-state index in [1.54, 1.807) is 11.6 Å². The fourth-order valence-corrected chi connectivity index (χ4v) is 3.54. The van der Waals surface area contributed by atoms with E-state index in [-0.39, 0.29) is 23.4 Å². The van der Waals surface area contributed by atoms with E-state index in [0.29, 0.717) is 6.54 Å². The fourth-order valence-electron chi connectivity index (χ4n) is 3.54. The van der Waals surface area contributed by atoms with Crippen LogP contribution in [0.25, 0.3) is 5.69 Å². The summed E-state index contributed by atoms with van der Waals surface area (Å²) in [6.07, 6.45) is 3.97. The van der Waals surface area contributed by atoms with Crippen molar-refractivity contribution in [2.24, 2.45) is 13.0 Å². The molecule has 0 N–H and O–H groups in total. The Bertz CT molecular complexity index is 804. The van der Waals surface area contributed by atoms with Gasteiger partial charge < -0.3 is 4.90 Å². The zero-order valence-corrected chi connectivity index (χ0v) is 13.9. The molecule has 1 aliphatic carbocycles. The summed E-state index contributed by atoms with van der Waals surface area (Å²) in [5.74, 6) is 1.39. The molecule has 0 spiro atoms. The Morgan fingerprint density at radius 3 is 2.62 bits per heavy atom. The first-order chi connectivity index (χ1) is 11.6. The number of carbonyl (C=O) groups excluding carboxylic acids is 1. The van der Waals surface area contributed by atoms with E-state index >= 15 is 0 Å². The lowest BCUT2D eigenvalue weighted by Gasteiger charge is -2.32. The number of hydrogen-bond acceptors (Lipinski definition) is 3. The molecule has 4 rings (SSSR count). The van der Waals surface area contributed by atoms with Crippen molar-refractivity contribution in [2.75, 3.05) is 13.1 Å². The van der Waals surface area contributed by atoms with Crippen LogP contribution in [-0.4, -0.2) is 38.2 Å². The second-order valence-electron chi connectivity index (χ2n) is 6.83. The van der Waals surface area contributed by atoms with Gasteiger partial charge in [-0.2, -0.15) is 5.10 Å². The van der Waals surface area contributed by atoms with E-state index in [9.17, 15) is 9.59 Å². The number of likely N-dealkylation sites (tertiary alicyclic amines) is 1. The van der Waals surface area contributed by atoms with Crippen LogP contribution in [0.3, 0.4) is 0 Å². The number of amides is 1.